The van der Waals surface area contributed by atoms with Crippen LogP contribution in [0.2, 0.25) is 0 Å². The number of hydrogen-bond donors (Lipinski definition) is 2. The number of methoxy groups -OCH3 is 1. The van der Waals surface area contributed by atoms with Gasteiger partial charge in [0.2, 0.25) is 11.6 Å². The lowest BCUT2D eigenvalue weighted by Crippen LogP contribution is -2.36. The number of rotatable bonds is 9. The van der Waals surface area contributed by atoms with Crippen molar-refractivity contribution in [1.29, 1.82) is 0 Å². The van der Waals surface area contributed by atoms with Gasteiger partial charge in [0, 0.05) is 29.2 Å². The normalized spacial score (nSPS) is 13.1. The highest BCUT2D eigenvalue weighted by atomic mass is 32.2. The highest BCUT2D eigenvalue weighted by Crippen LogP contribution is 2.38. The lowest BCUT2D eigenvalue weighted by Gasteiger charge is -2.08. The minimum atomic E-state index is -0.516. The molecule has 0 fully saturated rings. The lowest BCUT2D eigenvalue weighted by molar-refractivity contribution is -0.704. The van der Waals surface area contributed by atoms with Crippen molar-refractivity contribution in [2.24, 2.45) is 0 Å². The fraction of sp³-hybridized carbons (Fsp3) is 0.417. The number of carbonyl (C=O) groups excluding carboxylic acids is 2. The zero-order chi connectivity index (χ0) is 24.8. The third kappa shape index (κ3) is 5.79. The summed E-state index contributed by atoms with van der Waals surface area (Å²) >= 11 is 2.69. The van der Waals surface area contributed by atoms with Gasteiger partial charge in [-0.15, -0.1) is 11.3 Å². The van der Waals surface area contributed by atoms with Gasteiger partial charge in [0.05, 0.1) is 19.3 Å². The molecule has 0 unspecified atom stereocenters. The second-order valence-corrected chi connectivity index (χ2v) is 10.1. The van der Waals surface area contributed by atoms with E-state index < -0.39 is 5.63 Å². The lowest BCUT2D eigenvalue weighted by atomic mass is 10.1. The largest absolute Gasteiger partial charge is 0.497 e. The topological polar surface area (TPSA) is 115 Å². The first-order chi connectivity index (χ1) is 17.0. The molecule has 3 aromatic rings. The standard InChI is InChI=1S/C24H27N3O6S2/c1-3-32-23(29)20-17-7-5-4-6-8-18(17)35-21(20)25-19(28)13-14-34-22-24(30)33-26-27(22)15-9-11-16(31-2)12-10-15/h9-12H,3-8,13-14H2,1-2H3,(H-,25,26,28,29,30)/p+1. The van der Waals surface area contributed by atoms with E-state index in [1.54, 1.807) is 38.3 Å². The van der Waals surface area contributed by atoms with E-state index in [1.807, 2.05) is 0 Å². The predicted octanol–water partition coefficient (Wildman–Crippen LogP) is 3.88. The summed E-state index contributed by atoms with van der Waals surface area (Å²) in [7, 11) is 1.58. The maximum atomic E-state index is 12.8. The number of aromatic nitrogens is 2. The van der Waals surface area contributed by atoms with Crippen molar-refractivity contribution in [3.05, 3.63) is 50.7 Å². The molecule has 11 heteroatoms. The summed E-state index contributed by atoms with van der Waals surface area (Å²) in [5.41, 5.74) is 1.69. The summed E-state index contributed by atoms with van der Waals surface area (Å²) in [5.74, 6) is 0.432. The molecule has 1 aliphatic carbocycles. The van der Waals surface area contributed by atoms with Crippen LogP contribution in [0.5, 0.6) is 5.75 Å². The van der Waals surface area contributed by atoms with Crippen molar-refractivity contribution in [3.8, 4) is 11.4 Å². The molecule has 1 aliphatic rings. The number of thiophene rings is 1. The molecule has 1 amide bonds. The van der Waals surface area contributed by atoms with Gasteiger partial charge < -0.3 is 14.8 Å². The molecular weight excluding hydrogens is 490 g/mol. The van der Waals surface area contributed by atoms with Gasteiger partial charge in [0.1, 0.15) is 10.8 Å². The molecule has 35 heavy (non-hydrogen) atoms. The number of aromatic amines is 1. The van der Waals surface area contributed by atoms with Crippen LogP contribution in [0.25, 0.3) is 5.69 Å². The van der Waals surface area contributed by atoms with Gasteiger partial charge in [0.25, 0.3) is 0 Å². The maximum absolute atomic E-state index is 12.8. The van der Waals surface area contributed by atoms with Gasteiger partial charge in [-0.1, -0.05) is 6.42 Å². The first-order valence-corrected chi connectivity index (χ1v) is 13.3. The van der Waals surface area contributed by atoms with E-state index in [4.69, 9.17) is 14.0 Å². The number of hydrogen-bond acceptors (Lipinski definition) is 8. The number of H-pyrrole nitrogens is 1. The molecule has 0 atom stereocenters. The van der Waals surface area contributed by atoms with Crippen molar-refractivity contribution < 1.29 is 28.3 Å². The zero-order valence-electron chi connectivity index (χ0n) is 19.7. The Hall–Kier alpha value is -3.05. The van der Waals surface area contributed by atoms with E-state index in [1.165, 1.54) is 27.8 Å². The molecular formula is C24H28N3O6S2+. The maximum Gasteiger partial charge on any atom is 0.442 e. The molecule has 0 radical (unpaired) electrons. The summed E-state index contributed by atoms with van der Waals surface area (Å²) in [4.78, 5) is 38.8. The molecule has 186 valence electrons. The molecule has 4 rings (SSSR count). The summed E-state index contributed by atoms with van der Waals surface area (Å²) in [6.45, 7) is 2.05. The van der Waals surface area contributed by atoms with E-state index in [-0.39, 0.29) is 24.9 Å². The van der Waals surface area contributed by atoms with Crippen LogP contribution >= 0.6 is 23.1 Å². The van der Waals surface area contributed by atoms with Crippen LogP contribution < -0.4 is 20.4 Å². The molecule has 0 saturated carbocycles. The van der Waals surface area contributed by atoms with Gasteiger partial charge in [-0.25, -0.2) is 9.59 Å². The van der Waals surface area contributed by atoms with Crippen molar-refractivity contribution >= 4 is 40.0 Å². The van der Waals surface area contributed by atoms with E-state index in [2.05, 4.69) is 10.6 Å². The number of nitrogens with one attached hydrogen (secondary N) is 2. The van der Waals surface area contributed by atoms with Crippen LogP contribution in [0.3, 0.4) is 0 Å². The molecule has 2 aromatic heterocycles. The molecule has 0 bridgehead atoms. The number of carbonyl (C=O) groups is 2. The number of amides is 1. The van der Waals surface area contributed by atoms with Crippen LogP contribution in [-0.2, 0) is 22.4 Å². The van der Waals surface area contributed by atoms with Crippen molar-refractivity contribution in [3.63, 3.8) is 0 Å². The average molecular weight is 519 g/mol. The van der Waals surface area contributed by atoms with E-state index in [0.29, 0.717) is 32.8 Å². The SMILES string of the molecule is CCOC(=O)c1c(NC(=O)CCSc2c(=O)o[nH][n+]2-c2ccc(OC)cc2)sc2c1CCCCC2. The number of esters is 1. The van der Waals surface area contributed by atoms with Crippen LogP contribution in [0.4, 0.5) is 5.00 Å². The molecule has 0 spiro atoms. The third-order valence-corrected chi connectivity index (χ3v) is 7.90. The Bertz CT molecular complexity index is 1250. The number of ether oxygens (including phenoxy) is 2. The summed E-state index contributed by atoms with van der Waals surface area (Å²) < 4.78 is 16.9. The molecule has 0 aliphatic heterocycles. The summed E-state index contributed by atoms with van der Waals surface area (Å²) in [6, 6.07) is 7.14. The highest BCUT2D eigenvalue weighted by Gasteiger charge is 2.27. The van der Waals surface area contributed by atoms with Crippen LogP contribution in [0.15, 0.2) is 38.6 Å². The number of thioether (sulfide) groups is 1. The minimum absolute atomic E-state index is 0.155. The fourth-order valence-electron chi connectivity index (χ4n) is 3.97. The smallest absolute Gasteiger partial charge is 0.442 e. The monoisotopic (exact) mass is 518 g/mol. The number of aryl methyl sites for hydroxylation is 1. The number of benzene rings is 1. The average Bonchev–Trinajstić information content (AvgIpc) is 3.29. The third-order valence-electron chi connectivity index (χ3n) is 5.66. The Morgan fingerprint density at radius 1 is 1.20 bits per heavy atom. The van der Waals surface area contributed by atoms with Crippen LogP contribution in [0, 0.1) is 0 Å². The zero-order valence-corrected chi connectivity index (χ0v) is 21.3. The van der Waals surface area contributed by atoms with E-state index in [0.717, 1.165) is 42.5 Å². The van der Waals surface area contributed by atoms with Crippen LogP contribution in [-0.4, -0.2) is 36.6 Å². The molecule has 9 nitrogen and oxygen atoms in total. The molecule has 2 N–H and O–H groups in total. The molecule has 1 aromatic carbocycles. The summed E-state index contributed by atoms with van der Waals surface area (Å²) in [5, 5.41) is 6.39. The van der Waals surface area contributed by atoms with Gasteiger partial charge >= 0.3 is 16.6 Å². The number of nitrogens with zero attached hydrogens (tertiary/aromatic N) is 1. The van der Waals surface area contributed by atoms with Gasteiger partial charge in [-0.3, -0.25) is 9.32 Å². The van der Waals surface area contributed by atoms with Crippen molar-refractivity contribution in [2.45, 2.75) is 50.5 Å². The Labute approximate surface area is 210 Å². The quantitative estimate of drug-likeness (QED) is 0.191. The first kappa shape index (κ1) is 25.1. The number of fused-ring (bicyclic) bond motifs is 1. The van der Waals surface area contributed by atoms with Crippen molar-refractivity contribution in [2.75, 3.05) is 24.8 Å². The van der Waals surface area contributed by atoms with Crippen LogP contribution in [0.1, 0.15) is 53.4 Å². The molecule has 0 saturated heterocycles. The second-order valence-electron chi connectivity index (χ2n) is 7.96. The Balaban J connectivity index is 1.43. The Morgan fingerprint density at radius 3 is 2.71 bits per heavy atom. The molecule has 2 heterocycles. The Kier molecular flexibility index (Phi) is 8.29. The van der Waals surface area contributed by atoms with Gasteiger partial charge in [-0.05, 0) is 72.0 Å². The summed E-state index contributed by atoms with van der Waals surface area (Å²) in [6.07, 6.45) is 5.11. The first-order valence-electron chi connectivity index (χ1n) is 11.5. The Morgan fingerprint density at radius 2 is 1.97 bits per heavy atom. The second kappa shape index (κ2) is 11.6. The van der Waals surface area contributed by atoms with Crippen molar-refractivity contribution in [1.82, 2.24) is 5.27 Å². The fourth-order valence-corrected chi connectivity index (χ4v) is 6.17. The number of anilines is 1. The van der Waals surface area contributed by atoms with E-state index >= 15 is 0 Å². The van der Waals surface area contributed by atoms with Gasteiger partial charge in [0.15, 0.2) is 0 Å². The minimum Gasteiger partial charge on any atom is -0.497 e. The van der Waals surface area contributed by atoms with Gasteiger partial charge in [-0.2, -0.15) is 0 Å². The van der Waals surface area contributed by atoms with E-state index in [9.17, 15) is 14.4 Å². The highest BCUT2D eigenvalue weighted by molar-refractivity contribution is 7.99. The predicted molar refractivity (Wildman–Crippen MR) is 133 cm³/mol.